The molecule has 172 valence electrons. The Morgan fingerprint density at radius 1 is 1.12 bits per heavy atom. The Labute approximate surface area is 187 Å². The highest BCUT2D eigenvalue weighted by atomic mass is 19.1. The van der Waals surface area contributed by atoms with Gasteiger partial charge in [0.15, 0.2) is 5.78 Å². The highest BCUT2D eigenvalue weighted by Gasteiger charge is 2.18. The highest BCUT2D eigenvalue weighted by molar-refractivity contribution is 5.97. The number of carbonyl (C=O) groups is 2. The molecule has 0 aliphatic rings. The minimum absolute atomic E-state index is 0.0976. The minimum Gasteiger partial charge on any atom is -0.323 e. The van der Waals surface area contributed by atoms with Gasteiger partial charge >= 0.3 is 0 Å². The van der Waals surface area contributed by atoms with Crippen LogP contribution in [0.4, 0.5) is 4.39 Å². The molecule has 0 spiro atoms. The van der Waals surface area contributed by atoms with Crippen molar-refractivity contribution in [1.29, 1.82) is 0 Å². The third-order valence-corrected chi connectivity index (χ3v) is 5.22. The van der Waals surface area contributed by atoms with Gasteiger partial charge < -0.3 is 9.78 Å². The maximum atomic E-state index is 12.7. The summed E-state index contributed by atoms with van der Waals surface area (Å²) < 4.78 is 14.4. The van der Waals surface area contributed by atoms with Crippen molar-refractivity contribution >= 4 is 17.1 Å². The Balaban J connectivity index is 0.000000227. The number of hydrogen-bond acceptors (Lipinski definition) is 4. The Morgan fingerprint density at radius 3 is 2.38 bits per heavy atom. The predicted octanol–water partition coefficient (Wildman–Crippen LogP) is 5.16. The molecular weight excluding hydrogens is 409 g/mol. The SMILES string of the molecule is CC(=O)CCCc1cn2cncc2c(=O)[nH]1.CCCC(CCC)C(=O)c1ccc(F)cc1. The van der Waals surface area contributed by atoms with Crippen molar-refractivity contribution in [2.24, 2.45) is 5.92 Å². The van der Waals surface area contributed by atoms with E-state index in [2.05, 4.69) is 23.8 Å². The van der Waals surface area contributed by atoms with Crippen molar-refractivity contribution in [3.8, 4) is 0 Å². The van der Waals surface area contributed by atoms with Crippen molar-refractivity contribution in [3.05, 3.63) is 70.4 Å². The number of carbonyl (C=O) groups excluding carboxylic acids is 2. The Hall–Kier alpha value is -3.09. The number of halogens is 1. The van der Waals surface area contributed by atoms with Crippen LogP contribution in [0.3, 0.4) is 0 Å². The van der Waals surface area contributed by atoms with Gasteiger partial charge in [-0.15, -0.1) is 0 Å². The molecule has 0 atom stereocenters. The smallest absolute Gasteiger partial charge is 0.274 e. The molecule has 1 aromatic carbocycles. The molecule has 7 heteroatoms. The largest absolute Gasteiger partial charge is 0.323 e. The number of nitrogens with one attached hydrogen (secondary N) is 1. The van der Waals surface area contributed by atoms with Crippen LogP contribution in [-0.2, 0) is 11.2 Å². The zero-order valence-electron chi connectivity index (χ0n) is 19.1. The van der Waals surface area contributed by atoms with Crippen LogP contribution in [0, 0.1) is 11.7 Å². The van der Waals surface area contributed by atoms with E-state index in [1.165, 1.54) is 18.3 Å². The van der Waals surface area contributed by atoms with Crippen molar-refractivity contribution in [2.75, 3.05) is 0 Å². The second-order valence-electron chi connectivity index (χ2n) is 8.00. The van der Waals surface area contributed by atoms with Gasteiger partial charge in [-0.05, 0) is 56.9 Å². The summed E-state index contributed by atoms with van der Waals surface area (Å²) in [5.74, 6) is 0.134. The summed E-state index contributed by atoms with van der Waals surface area (Å²) in [6.45, 7) is 5.74. The normalized spacial score (nSPS) is 10.8. The van der Waals surface area contributed by atoms with E-state index < -0.39 is 0 Å². The van der Waals surface area contributed by atoms with E-state index in [-0.39, 0.29) is 28.9 Å². The molecule has 0 fully saturated rings. The van der Waals surface area contributed by atoms with Gasteiger partial charge in [0.05, 0.1) is 12.5 Å². The van der Waals surface area contributed by atoms with E-state index in [1.807, 2.05) is 6.20 Å². The first-order valence-corrected chi connectivity index (χ1v) is 11.2. The molecule has 1 N–H and O–H groups in total. The average Bonchev–Trinajstić information content (AvgIpc) is 3.23. The van der Waals surface area contributed by atoms with Gasteiger partial charge in [-0.1, -0.05) is 26.7 Å². The molecule has 0 aliphatic carbocycles. The number of rotatable bonds is 10. The molecule has 3 rings (SSSR count). The summed E-state index contributed by atoms with van der Waals surface area (Å²) in [7, 11) is 0. The van der Waals surface area contributed by atoms with Crippen LogP contribution in [-0.4, -0.2) is 25.9 Å². The molecule has 3 aromatic rings. The third kappa shape index (κ3) is 7.55. The summed E-state index contributed by atoms with van der Waals surface area (Å²) in [6, 6.07) is 5.86. The molecule has 0 saturated carbocycles. The van der Waals surface area contributed by atoms with Crippen LogP contribution in [0.25, 0.3) is 5.52 Å². The Kier molecular flexibility index (Phi) is 9.98. The number of nitrogens with zero attached hydrogens (tertiary/aromatic N) is 2. The average molecular weight is 442 g/mol. The lowest BCUT2D eigenvalue weighted by molar-refractivity contribution is -0.117. The lowest BCUT2D eigenvalue weighted by atomic mass is 9.90. The summed E-state index contributed by atoms with van der Waals surface area (Å²) >= 11 is 0. The number of aromatic amines is 1. The van der Waals surface area contributed by atoms with Crippen molar-refractivity contribution in [3.63, 3.8) is 0 Å². The molecular formula is C25H32FN3O3. The zero-order valence-corrected chi connectivity index (χ0v) is 19.1. The number of Topliss-reactive ketones (excluding diaryl/α,β-unsaturated/α-hetero) is 2. The van der Waals surface area contributed by atoms with Gasteiger partial charge in [0.2, 0.25) is 0 Å². The van der Waals surface area contributed by atoms with Gasteiger partial charge in [0.25, 0.3) is 5.56 Å². The van der Waals surface area contributed by atoms with Crippen LogP contribution in [0.15, 0.2) is 47.8 Å². The summed E-state index contributed by atoms with van der Waals surface area (Å²) in [5, 5.41) is 0. The number of fused-ring (bicyclic) bond motifs is 1. The van der Waals surface area contributed by atoms with Crippen LogP contribution in [0.1, 0.15) is 75.3 Å². The van der Waals surface area contributed by atoms with Crippen molar-refractivity contribution in [2.45, 2.75) is 65.7 Å². The standard InChI is InChI=1S/C14H19FO.C11H13N3O2/c1-3-5-11(6-4-2)14(16)12-7-9-13(15)10-8-12;1-8(15)3-2-4-9-6-14-7-12-5-10(14)11(16)13-9/h7-11H,3-6H2,1-2H3;5-7H,2-4H2,1H3,(H,13,16). The van der Waals surface area contributed by atoms with E-state index in [1.54, 1.807) is 29.8 Å². The van der Waals surface area contributed by atoms with Gasteiger partial charge in [0.1, 0.15) is 17.1 Å². The van der Waals surface area contributed by atoms with Gasteiger partial charge in [0, 0.05) is 29.8 Å². The van der Waals surface area contributed by atoms with Crippen LogP contribution in [0.5, 0.6) is 0 Å². The van der Waals surface area contributed by atoms with E-state index in [4.69, 9.17) is 0 Å². The fourth-order valence-corrected chi connectivity index (χ4v) is 3.60. The maximum absolute atomic E-state index is 12.7. The monoisotopic (exact) mass is 441 g/mol. The third-order valence-electron chi connectivity index (χ3n) is 5.22. The summed E-state index contributed by atoms with van der Waals surface area (Å²) in [4.78, 5) is 41.2. The molecule has 6 nitrogen and oxygen atoms in total. The number of aryl methyl sites for hydroxylation is 1. The molecule has 2 aromatic heterocycles. The highest BCUT2D eigenvalue weighted by Crippen LogP contribution is 2.19. The second kappa shape index (κ2) is 12.7. The fourth-order valence-electron chi connectivity index (χ4n) is 3.60. The quantitative estimate of drug-likeness (QED) is 0.441. The predicted molar refractivity (Wildman–Crippen MR) is 123 cm³/mol. The molecule has 0 saturated heterocycles. The fraction of sp³-hybridized carbons (Fsp3) is 0.440. The number of aromatic nitrogens is 3. The molecule has 0 aliphatic heterocycles. The van der Waals surface area contributed by atoms with E-state index >= 15 is 0 Å². The first-order valence-electron chi connectivity index (χ1n) is 11.2. The second-order valence-corrected chi connectivity index (χ2v) is 8.00. The first-order chi connectivity index (χ1) is 15.3. The van der Waals surface area contributed by atoms with Gasteiger partial charge in [-0.3, -0.25) is 14.0 Å². The van der Waals surface area contributed by atoms with Gasteiger partial charge in [-0.2, -0.15) is 0 Å². The molecule has 32 heavy (non-hydrogen) atoms. The first kappa shape index (κ1) is 25.2. The topological polar surface area (TPSA) is 84.3 Å². The van der Waals surface area contributed by atoms with Gasteiger partial charge in [-0.25, -0.2) is 9.37 Å². The molecule has 0 radical (unpaired) electrons. The van der Waals surface area contributed by atoms with Crippen molar-refractivity contribution < 1.29 is 14.0 Å². The minimum atomic E-state index is -0.293. The van der Waals surface area contributed by atoms with E-state index in [0.29, 0.717) is 23.9 Å². The van der Waals surface area contributed by atoms with E-state index in [0.717, 1.165) is 37.8 Å². The zero-order chi connectivity index (χ0) is 23.5. The number of hydrogen-bond donors (Lipinski definition) is 1. The molecule has 0 unspecified atom stereocenters. The lowest BCUT2D eigenvalue weighted by Crippen LogP contribution is -2.14. The van der Waals surface area contributed by atoms with Crippen molar-refractivity contribution in [1.82, 2.24) is 14.4 Å². The molecule has 2 heterocycles. The summed E-state index contributed by atoms with van der Waals surface area (Å²) in [6.07, 6.45) is 10.8. The number of H-pyrrole nitrogens is 1. The maximum Gasteiger partial charge on any atom is 0.274 e. The Bertz CT molecular complexity index is 1060. The number of benzene rings is 1. The van der Waals surface area contributed by atoms with E-state index in [9.17, 15) is 18.8 Å². The number of imidazole rings is 1. The van der Waals surface area contributed by atoms with Crippen LogP contribution >= 0.6 is 0 Å². The Morgan fingerprint density at radius 2 is 1.78 bits per heavy atom. The van der Waals surface area contributed by atoms with Crippen LogP contribution < -0.4 is 5.56 Å². The van der Waals surface area contributed by atoms with Crippen LogP contribution in [0.2, 0.25) is 0 Å². The lowest BCUT2D eigenvalue weighted by Gasteiger charge is -2.13. The molecule has 0 amide bonds. The number of ketones is 2. The molecule has 0 bridgehead atoms. The summed E-state index contributed by atoms with van der Waals surface area (Å²) in [5.41, 5.74) is 1.86.